The Hall–Kier alpha value is -2.32. The van der Waals surface area contributed by atoms with Crippen molar-refractivity contribution in [2.75, 3.05) is 5.32 Å². The number of anilines is 1. The molecule has 0 spiro atoms. The summed E-state index contributed by atoms with van der Waals surface area (Å²) in [5, 5.41) is 11.6. The second-order valence-corrected chi connectivity index (χ2v) is 5.73. The van der Waals surface area contributed by atoms with Gasteiger partial charge in [-0.25, -0.2) is 0 Å². The first kappa shape index (κ1) is 16.1. The molecule has 0 aliphatic carbocycles. The van der Waals surface area contributed by atoms with Gasteiger partial charge in [0.05, 0.1) is 16.1 Å². The summed E-state index contributed by atoms with van der Waals surface area (Å²) in [7, 11) is 0. The van der Waals surface area contributed by atoms with Gasteiger partial charge in [0.2, 0.25) is 0 Å². The SMILES string of the molecule is Cc1ccc(O[C@@H](C)C(=O)Nc2cccc(C#N)c2)c(Br)c1. The van der Waals surface area contributed by atoms with E-state index in [1.165, 1.54) is 0 Å². The standard InChI is InChI=1S/C17H15BrN2O2/c1-11-6-7-16(15(18)8-11)22-12(2)17(21)20-14-5-3-4-13(9-14)10-19/h3-9,12H,1-2H3,(H,20,21)/t12-/m0/s1. The number of carbonyl (C=O) groups excluding carboxylic acids is 1. The van der Waals surface area contributed by atoms with Gasteiger partial charge < -0.3 is 10.1 Å². The van der Waals surface area contributed by atoms with Gasteiger partial charge in [0.25, 0.3) is 5.91 Å². The molecule has 5 heteroatoms. The van der Waals surface area contributed by atoms with E-state index in [2.05, 4.69) is 21.2 Å². The number of aryl methyl sites for hydroxylation is 1. The van der Waals surface area contributed by atoms with E-state index in [-0.39, 0.29) is 5.91 Å². The minimum Gasteiger partial charge on any atom is -0.480 e. The summed E-state index contributed by atoms with van der Waals surface area (Å²) >= 11 is 3.42. The third kappa shape index (κ3) is 4.09. The number of rotatable bonds is 4. The largest absolute Gasteiger partial charge is 0.480 e. The summed E-state index contributed by atoms with van der Waals surface area (Å²) in [4.78, 5) is 12.2. The van der Waals surface area contributed by atoms with Gasteiger partial charge in [0, 0.05) is 5.69 Å². The fourth-order valence-corrected chi connectivity index (χ4v) is 2.44. The average molecular weight is 359 g/mol. The van der Waals surface area contributed by atoms with E-state index in [1.54, 1.807) is 31.2 Å². The Balaban J connectivity index is 2.04. The predicted molar refractivity (Wildman–Crippen MR) is 88.8 cm³/mol. The van der Waals surface area contributed by atoms with Crippen molar-refractivity contribution in [1.82, 2.24) is 0 Å². The van der Waals surface area contributed by atoms with Crippen molar-refractivity contribution >= 4 is 27.5 Å². The number of amides is 1. The van der Waals surface area contributed by atoms with Crippen LogP contribution in [0, 0.1) is 18.3 Å². The molecule has 112 valence electrons. The van der Waals surface area contributed by atoms with Crippen LogP contribution in [0.4, 0.5) is 5.69 Å². The maximum atomic E-state index is 12.2. The summed E-state index contributed by atoms with van der Waals surface area (Å²) in [6.45, 7) is 3.66. The summed E-state index contributed by atoms with van der Waals surface area (Å²) in [5.74, 6) is 0.335. The van der Waals surface area contributed by atoms with Crippen LogP contribution in [0.5, 0.6) is 5.75 Å². The van der Waals surface area contributed by atoms with E-state index in [0.717, 1.165) is 10.0 Å². The fourth-order valence-electron chi connectivity index (χ4n) is 1.86. The first-order valence-electron chi connectivity index (χ1n) is 6.73. The van der Waals surface area contributed by atoms with Crippen LogP contribution in [0.3, 0.4) is 0 Å². The van der Waals surface area contributed by atoms with E-state index >= 15 is 0 Å². The molecule has 1 N–H and O–H groups in total. The number of nitrogens with zero attached hydrogens (tertiary/aromatic N) is 1. The Morgan fingerprint density at radius 1 is 1.32 bits per heavy atom. The Kier molecular flexibility index (Phi) is 5.18. The molecule has 0 aliphatic heterocycles. The quantitative estimate of drug-likeness (QED) is 0.896. The van der Waals surface area contributed by atoms with Crippen molar-refractivity contribution in [3.05, 3.63) is 58.1 Å². The van der Waals surface area contributed by atoms with Crippen LogP contribution in [-0.4, -0.2) is 12.0 Å². The van der Waals surface area contributed by atoms with Gasteiger partial charge in [-0.15, -0.1) is 0 Å². The highest BCUT2D eigenvalue weighted by atomic mass is 79.9. The Morgan fingerprint density at radius 2 is 2.09 bits per heavy atom. The van der Waals surface area contributed by atoms with Gasteiger partial charge in [-0.3, -0.25) is 4.79 Å². The third-order valence-electron chi connectivity index (χ3n) is 3.02. The first-order chi connectivity index (χ1) is 10.5. The number of carbonyl (C=O) groups is 1. The molecule has 0 unspecified atom stereocenters. The van der Waals surface area contributed by atoms with Gasteiger partial charge in [-0.05, 0) is 65.7 Å². The molecule has 2 aromatic carbocycles. The lowest BCUT2D eigenvalue weighted by molar-refractivity contribution is -0.122. The highest BCUT2D eigenvalue weighted by molar-refractivity contribution is 9.10. The molecule has 4 nitrogen and oxygen atoms in total. The Morgan fingerprint density at radius 3 is 2.77 bits per heavy atom. The molecule has 0 fully saturated rings. The molecular formula is C17H15BrN2O2. The lowest BCUT2D eigenvalue weighted by Crippen LogP contribution is -2.30. The highest BCUT2D eigenvalue weighted by Gasteiger charge is 2.16. The van der Waals surface area contributed by atoms with Crippen LogP contribution in [0.1, 0.15) is 18.1 Å². The second-order valence-electron chi connectivity index (χ2n) is 4.88. The number of nitriles is 1. The number of halogens is 1. The fraction of sp³-hybridized carbons (Fsp3) is 0.176. The molecule has 0 saturated carbocycles. The zero-order valence-electron chi connectivity index (χ0n) is 12.3. The van der Waals surface area contributed by atoms with Gasteiger partial charge in [-0.2, -0.15) is 5.26 Å². The number of hydrogen-bond donors (Lipinski definition) is 1. The van der Waals surface area contributed by atoms with E-state index < -0.39 is 6.10 Å². The van der Waals surface area contributed by atoms with Crippen LogP contribution in [-0.2, 0) is 4.79 Å². The van der Waals surface area contributed by atoms with E-state index in [1.807, 2.05) is 31.2 Å². The number of benzene rings is 2. The van der Waals surface area contributed by atoms with Crippen molar-refractivity contribution in [1.29, 1.82) is 5.26 Å². The van der Waals surface area contributed by atoms with Gasteiger partial charge in [-0.1, -0.05) is 12.1 Å². The molecule has 0 heterocycles. The van der Waals surface area contributed by atoms with E-state index in [0.29, 0.717) is 17.0 Å². The first-order valence-corrected chi connectivity index (χ1v) is 7.52. The van der Waals surface area contributed by atoms with Gasteiger partial charge in [0.15, 0.2) is 6.10 Å². The summed E-state index contributed by atoms with van der Waals surface area (Å²) in [6.07, 6.45) is -0.662. The van der Waals surface area contributed by atoms with Crippen molar-refractivity contribution in [3.63, 3.8) is 0 Å². The molecule has 22 heavy (non-hydrogen) atoms. The highest BCUT2D eigenvalue weighted by Crippen LogP contribution is 2.26. The van der Waals surface area contributed by atoms with Gasteiger partial charge >= 0.3 is 0 Å². The lowest BCUT2D eigenvalue weighted by Gasteiger charge is -2.16. The molecule has 0 aromatic heterocycles. The zero-order chi connectivity index (χ0) is 16.1. The zero-order valence-corrected chi connectivity index (χ0v) is 13.8. The molecule has 2 aromatic rings. The summed E-state index contributed by atoms with van der Waals surface area (Å²) < 4.78 is 6.47. The molecule has 0 bridgehead atoms. The minimum atomic E-state index is -0.662. The maximum Gasteiger partial charge on any atom is 0.265 e. The maximum absolute atomic E-state index is 12.2. The van der Waals surface area contributed by atoms with Crippen LogP contribution >= 0.6 is 15.9 Å². The number of hydrogen-bond acceptors (Lipinski definition) is 3. The van der Waals surface area contributed by atoms with Crippen LogP contribution < -0.4 is 10.1 Å². The summed E-state index contributed by atoms with van der Waals surface area (Å²) in [5.41, 5.74) is 2.17. The van der Waals surface area contributed by atoms with Crippen molar-refractivity contribution in [2.24, 2.45) is 0 Å². The van der Waals surface area contributed by atoms with Crippen LogP contribution in [0.15, 0.2) is 46.9 Å². The molecule has 1 amide bonds. The van der Waals surface area contributed by atoms with E-state index in [9.17, 15) is 4.79 Å². The molecule has 1 atom stereocenters. The van der Waals surface area contributed by atoms with Crippen molar-refractivity contribution in [3.8, 4) is 11.8 Å². The Bertz CT molecular complexity index is 738. The van der Waals surface area contributed by atoms with Gasteiger partial charge in [0.1, 0.15) is 5.75 Å². The normalized spacial score (nSPS) is 11.4. The van der Waals surface area contributed by atoms with E-state index in [4.69, 9.17) is 10.00 Å². The molecule has 2 rings (SSSR count). The molecule has 0 aliphatic rings. The monoisotopic (exact) mass is 358 g/mol. The summed E-state index contributed by atoms with van der Waals surface area (Å²) in [6, 6.07) is 14.4. The third-order valence-corrected chi connectivity index (χ3v) is 3.64. The van der Waals surface area contributed by atoms with Crippen LogP contribution in [0.25, 0.3) is 0 Å². The van der Waals surface area contributed by atoms with Crippen molar-refractivity contribution < 1.29 is 9.53 Å². The van der Waals surface area contributed by atoms with Crippen molar-refractivity contribution in [2.45, 2.75) is 20.0 Å². The van der Waals surface area contributed by atoms with Crippen LogP contribution in [0.2, 0.25) is 0 Å². The minimum absolute atomic E-state index is 0.275. The smallest absolute Gasteiger partial charge is 0.265 e. The lowest BCUT2D eigenvalue weighted by atomic mass is 10.2. The molecule has 0 radical (unpaired) electrons. The average Bonchev–Trinajstić information content (AvgIpc) is 2.50. The second kappa shape index (κ2) is 7.10. The number of nitrogens with one attached hydrogen (secondary N) is 1. The molecular weight excluding hydrogens is 344 g/mol. The Labute approximate surface area is 137 Å². The number of ether oxygens (including phenoxy) is 1. The molecule has 0 saturated heterocycles. The topological polar surface area (TPSA) is 62.1 Å². The predicted octanol–water partition coefficient (Wildman–Crippen LogP) is 4.04.